The van der Waals surface area contributed by atoms with E-state index < -0.39 is 17.9 Å². The van der Waals surface area contributed by atoms with Gasteiger partial charge in [-0.05, 0) is 19.3 Å². The van der Waals surface area contributed by atoms with Gasteiger partial charge in [-0.1, -0.05) is 13.3 Å². The van der Waals surface area contributed by atoms with Crippen LogP contribution in [0.3, 0.4) is 0 Å². The summed E-state index contributed by atoms with van der Waals surface area (Å²) in [7, 11) is 1.29. The Hall–Kier alpha value is -1.06. The van der Waals surface area contributed by atoms with Gasteiger partial charge in [0.05, 0.1) is 7.11 Å². The average Bonchev–Trinajstić information content (AvgIpc) is 2.17. The first-order chi connectivity index (χ1) is 6.69. The third-order valence-corrected chi connectivity index (χ3v) is 2.44. The van der Waals surface area contributed by atoms with Crippen LogP contribution in [-0.2, 0) is 19.1 Å². The zero-order chi connectivity index (χ0) is 10.6. The van der Waals surface area contributed by atoms with Crippen molar-refractivity contribution in [1.82, 2.24) is 0 Å². The van der Waals surface area contributed by atoms with E-state index in [1.807, 2.05) is 6.92 Å². The predicted octanol–water partition coefficient (Wildman–Crippen LogP) is 1.28. The van der Waals surface area contributed by atoms with Crippen molar-refractivity contribution in [2.75, 3.05) is 7.11 Å². The molecule has 0 amide bonds. The largest absolute Gasteiger partial charge is 0.468 e. The second kappa shape index (κ2) is 4.98. The zero-order valence-electron chi connectivity index (χ0n) is 8.62. The topological polar surface area (TPSA) is 52.6 Å². The van der Waals surface area contributed by atoms with Crippen LogP contribution in [0.5, 0.6) is 0 Å². The summed E-state index contributed by atoms with van der Waals surface area (Å²) in [6, 6.07) is 0. The molecule has 4 heteroatoms. The minimum atomic E-state index is -0.701. The molecule has 0 aliphatic carbocycles. The Kier molecular flexibility index (Phi) is 3.92. The van der Waals surface area contributed by atoms with Crippen LogP contribution in [0.1, 0.15) is 32.6 Å². The highest BCUT2D eigenvalue weighted by Crippen LogP contribution is 2.23. The van der Waals surface area contributed by atoms with Crippen LogP contribution < -0.4 is 0 Å². The maximum Gasteiger partial charge on any atom is 0.320 e. The molecule has 14 heavy (non-hydrogen) atoms. The van der Waals surface area contributed by atoms with E-state index in [4.69, 9.17) is 4.74 Å². The van der Waals surface area contributed by atoms with E-state index in [-0.39, 0.29) is 6.10 Å². The Morgan fingerprint density at radius 1 is 1.57 bits per heavy atom. The summed E-state index contributed by atoms with van der Waals surface area (Å²) in [6.07, 6.45) is 3.17. The van der Waals surface area contributed by atoms with Gasteiger partial charge in [0.25, 0.3) is 0 Å². The van der Waals surface area contributed by atoms with Crippen LogP contribution in [0.2, 0.25) is 0 Å². The molecule has 0 radical (unpaired) electrons. The highest BCUT2D eigenvalue weighted by molar-refractivity contribution is 5.95. The third-order valence-electron chi connectivity index (χ3n) is 2.44. The van der Waals surface area contributed by atoms with Crippen molar-refractivity contribution in [2.45, 2.75) is 38.7 Å². The van der Waals surface area contributed by atoms with Gasteiger partial charge in [0.1, 0.15) is 6.10 Å². The second-order valence-corrected chi connectivity index (χ2v) is 3.50. The quantitative estimate of drug-likeness (QED) is 0.508. The van der Waals surface area contributed by atoms with E-state index in [0.717, 1.165) is 19.3 Å². The highest BCUT2D eigenvalue weighted by atomic mass is 16.6. The summed E-state index contributed by atoms with van der Waals surface area (Å²) >= 11 is 0. The number of methoxy groups -OCH3 is 1. The van der Waals surface area contributed by atoms with Crippen LogP contribution in [-0.4, -0.2) is 25.2 Å². The molecular formula is C10H16O4. The van der Waals surface area contributed by atoms with Gasteiger partial charge in [-0.15, -0.1) is 0 Å². The van der Waals surface area contributed by atoms with Crippen molar-refractivity contribution in [1.29, 1.82) is 0 Å². The molecule has 1 aliphatic rings. The lowest BCUT2D eigenvalue weighted by atomic mass is 9.96. The summed E-state index contributed by atoms with van der Waals surface area (Å²) in [4.78, 5) is 22.5. The van der Waals surface area contributed by atoms with Gasteiger partial charge in [0, 0.05) is 0 Å². The predicted molar refractivity (Wildman–Crippen MR) is 49.5 cm³/mol. The van der Waals surface area contributed by atoms with Crippen molar-refractivity contribution in [3.63, 3.8) is 0 Å². The first-order valence-electron chi connectivity index (χ1n) is 4.97. The molecule has 0 bridgehead atoms. The number of ether oxygens (including phenoxy) is 2. The normalized spacial score (nSPS) is 26.9. The van der Waals surface area contributed by atoms with Crippen molar-refractivity contribution in [3.8, 4) is 0 Å². The lowest BCUT2D eigenvalue weighted by Crippen LogP contribution is -2.36. The maximum atomic E-state index is 11.4. The minimum absolute atomic E-state index is 0.00611. The molecule has 1 heterocycles. The average molecular weight is 200 g/mol. The van der Waals surface area contributed by atoms with E-state index >= 15 is 0 Å². The van der Waals surface area contributed by atoms with Gasteiger partial charge in [0.2, 0.25) is 0 Å². The Bertz CT molecular complexity index is 224. The molecule has 80 valence electrons. The maximum absolute atomic E-state index is 11.4. The smallest absolute Gasteiger partial charge is 0.320 e. The van der Waals surface area contributed by atoms with Crippen LogP contribution in [0.15, 0.2) is 0 Å². The van der Waals surface area contributed by atoms with E-state index in [1.54, 1.807) is 0 Å². The number of hydrogen-bond acceptors (Lipinski definition) is 4. The van der Waals surface area contributed by atoms with Crippen molar-refractivity contribution in [2.24, 2.45) is 5.92 Å². The standard InChI is InChI=1S/C10H16O4/c1-3-4-7-5-6-8(9(11)13-2)10(12)14-7/h7-8H,3-6H2,1-2H3. The second-order valence-electron chi connectivity index (χ2n) is 3.50. The van der Waals surface area contributed by atoms with Crippen LogP contribution in [0, 0.1) is 5.92 Å². The lowest BCUT2D eigenvalue weighted by Gasteiger charge is -2.26. The number of carbonyl (C=O) groups is 2. The summed E-state index contributed by atoms with van der Waals surface area (Å²) in [6.45, 7) is 2.04. The van der Waals surface area contributed by atoms with Crippen molar-refractivity contribution >= 4 is 11.9 Å². The van der Waals surface area contributed by atoms with Crippen LogP contribution in [0.25, 0.3) is 0 Å². The minimum Gasteiger partial charge on any atom is -0.468 e. The fourth-order valence-corrected chi connectivity index (χ4v) is 1.66. The molecule has 1 fully saturated rings. The van der Waals surface area contributed by atoms with E-state index in [9.17, 15) is 9.59 Å². The molecule has 1 rings (SSSR count). The highest BCUT2D eigenvalue weighted by Gasteiger charge is 2.35. The first kappa shape index (κ1) is 11.0. The fourth-order valence-electron chi connectivity index (χ4n) is 1.66. The summed E-state index contributed by atoms with van der Waals surface area (Å²) in [5.74, 6) is -1.61. The van der Waals surface area contributed by atoms with Crippen LogP contribution in [0.4, 0.5) is 0 Å². The Balaban J connectivity index is 2.48. The number of carbonyl (C=O) groups excluding carboxylic acids is 2. The van der Waals surface area contributed by atoms with E-state index in [0.29, 0.717) is 6.42 Å². The Labute approximate surface area is 83.6 Å². The SMILES string of the molecule is CCCC1CCC(C(=O)OC)C(=O)O1. The number of cyclic esters (lactones) is 1. The molecular weight excluding hydrogens is 184 g/mol. The molecule has 4 nitrogen and oxygen atoms in total. The summed E-state index contributed by atoms with van der Waals surface area (Å²) in [5.41, 5.74) is 0. The fraction of sp³-hybridized carbons (Fsp3) is 0.800. The molecule has 0 aromatic carbocycles. The molecule has 1 aliphatic heterocycles. The van der Waals surface area contributed by atoms with Crippen LogP contribution >= 0.6 is 0 Å². The number of rotatable bonds is 3. The molecule has 0 saturated carbocycles. The monoisotopic (exact) mass is 200 g/mol. The van der Waals surface area contributed by atoms with Gasteiger partial charge in [-0.3, -0.25) is 9.59 Å². The summed E-state index contributed by atoms with van der Waals surface area (Å²) < 4.78 is 9.64. The van der Waals surface area contributed by atoms with Gasteiger partial charge in [-0.25, -0.2) is 0 Å². The van der Waals surface area contributed by atoms with E-state index in [2.05, 4.69) is 4.74 Å². The number of hydrogen-bond donors (Lipinski definition) is 0. The van der Waals surface area contributed by atoms with Gasteiger partial charge in [-0.2, -0.15) is 0 Å². The van der Waals surface area contributed by atoms with E-state index in [1.165, 1.54) is 7.11 Å². The van der Waals surface area contributed by atoms with Crippen molar-refractivity contribution in [3.05, 3.63) is 0 Å². The van der Waals surface area contributed by atoms with Crippen molar-refractivity contribution < 1.29 is 19.1 Å². The molecule has 0 spiro atoms. The molecule has 1 saturated heterocycles. The Morgan fingerprint density at radius 2 is 2.29 bits per heavy atom. The number of esters is 2. The molecule has 2 unspecified atom stereocenters. The summed E-state index contributed by atoms with van der Waals surface area (Å²) in [5, 5.41) is 0. The molecule has 0 N–H and O–H groups in total. The van der Waals surface area contributed by atoms with Gasteiger partial charge < -0.3 is 9.47 Å². The third kappa shape index (κ3) is 2.47. The zero-order valence-corrected chi connectivity index (χ0v) is 8.62. The molecule has 0 aromatic rings. The molecule has 0 aromatic heterocycles. The van der Waals surface area contributed by atoms with Gasteiger partial charge in [0.15, 0.2) is 5.92 Å². The Morgan fingerprint density at radius 3 is 2.79 bits per heavy atom. The lowest BCUT2D eigenvalue weighted by molar-refractivity contribution is -0.170. The van der Waals surface area contributed by atoms with Gasteiger partial charge >= 0.3 is 11.9 Å². The molecule has 2 atom stereocenters. The first-order valence-corrected chi connectivity index (χ1v) is 4.97.